The second-order valence-electron chi connectivity index (χ2n) is 4.98. The van der Waals surface area contributed by atoms with Gasteiger partial charge in [-0.3, -0.25) is 0 Å². The quantitative estimate of drug-likeness (QED) is 0.836. The lowest BCUT2D eigenvalue weighted by atomic mass is 10.1. The smallest absolute Gasteiger partial charge is 0.129 e. The molecule has 0 amide bonds. The molecule has 0 fully saturated rings. The van der Waals surface area contributed by atoms with Crippen LogP contribution in [0, 0.1) is 17.7 Å². The number of rotatable bonds is 3. The molecule has 1 aromatic carbocycles. The number of ether oxygens (including phenoxy) is 1. The van der Waals surface area contributed by atoms with Crippen molar-refractivity contribution in [2.75, 3.05) is 6.61 Å². The van der Waals surface area contributed by atoms with Gasteiger partial charge in [-0.2, -0.15) is 0 Å². The van der Waals surface area contributed by atoms with E-state index in [0.29, 0.717) is 17.5 Å². The zero-order chi connectivity index (χ0) is 13.6. The molecule has 0 radical (unpaired) electrons. The van der Waals surface area contributed by atoms with Crippen molar-refractivity contribution in [1.82, 2.24) is 0 Å². The molecule has 0 spiro atoms. The maximum atomic E-state index is 13.7. The number of hydrogen-bond donors (Lipinski definition) is 1. The van der Waals surface area contributed by atoms with E-state index in [4.69, 9.17) is 9.84 Å². The van der Waals surface area contributed by atoms with Gasteiger partial charge < -0.3 is 9.84 Å². The minimum Gasteiger partial charge on any atom is -0.395 e. The normalized spacial score (nSPS) is 10.9. The van der Waals surface area contributed by atoms with Gasteiger partial charge in [0.25, 0.3) is 0 Å². The maximum absolute atomic E-state index is 13.7. The molecule has 1 rings (SSSR count). The van der Waals surface area contributed by atoms with Gasteiger partial charge >= 0.3 is 0 Å². The molecule has 0 saturated heterocycles. The number of halogens is 1. The van der Waals surface area contributed by atoms with Crippen LogP contribution in [0.25, 0.3) is 0 Å². The zero-order valence-electron chi connectivity index (χ0n) is 11.1. The molecule has 1 N–H and O–H groups in total. The molecule has 0 saturated carbocycles. The van der Waals surface area contributed by atoms with E-state index in [9.17, 15) is 4.39 Å². The molecule has 1 aromatic rings. The van der Waals surface area contributed by atoms with E-state index in [1.54, 1.807) is 12.1 Å². The van der Waals surface area contributed by atoms with Gasteiger partial charge in [0.15, 0.2) is 0 Å². The molecule has 0 aliphatic heterocycles. The Hall–Kier alpha value is -1.37. The van der Waals surface area contributed by atoms with Gasteiger partial charge in [-0.25, -0.2) is 4.39 Å². The third-order valence-electron chi connectivity index (χ3n) is 2.18. The first-order valence-corrected chi connectivity index (χ1v) is 5.94. The molecule has 0 atom stereocenters. The molecule has 0 aliphatic rings. The SMILES string of the molecule is CC(C)(C)OCc1ccc(C#CCCO)cc1F. The summed E-state index contributed by atoms with van der Waals surface area (Å²) in [4.78, 5) is 0. The summed E-state index contributed by atoms with van der Waals surface area (Å²) in [5.41, 5.74) is 0.851. The molecule has 2 nitrogen and oxygen atoms in total. The highest BCUT2D eigenvalue weighted by atomic mass is 19.1. The maximum Gasteiger partial charge on any atom is 0.129 e. The Morgan fingerprint density at radius 2 is 2.06 bits per heavy atom. The van der Waals surface area contributed by atoms with Crippen LogP contribution >= 0.6 is 0 Å². The molecular formula is C15H19FO2. The molecule has 98 valence electrons. The monoisotopic (exact) mass is 250 g/mol. The molecule has 0 heterocycles. The molecule has 0 bridgehead atoms. The van der Waals surface area contributed by atoms with Crippen molar-refractivity contribution in [3.8, 4) is 11.8 Å². The van der Waals surface area contributed by atoms with Crippen LogP contribution in [0.5, 0.6) is 0 Å². The van der Waals surface area contributed by atoms with Crippen molar-refractivity contribution in [1.29, 1.82) is 0 Å². The highest BCUT2D eigenvalue weighted by Gasteiger charge is 2.12. The third kappa shape index (κ3) is 5.31. The summed E-state index contributed by atoms with van der Waals surface area (Å²) in [6.45, 7) is 6.06. The van der Waals surface area contributed by atoms with Crippen LogP contribution in [0.3, 0.4) is 0 Å². The van der Waals surface area contributed by atoms with Gasteiger partial charge in [-0.15, -0.1) is 0 Å². The van der Waals surface area contributed by atoms with Crippen LogP contribution in [-0.2, 0) is 11.3 Å². The summed E-state index contributed by atoms with van der Waals surface area (Å²) >= 11 is 0. The van der Waals surface area contributed by atoms with Crippen molar-refractivity contribution < 1.29 is 14.2 Å². The van der Waals surface area contributed by atoms with Crippen molar-refractivity contribution >= 4 is 0 Å². The fraction of sp³-hybridized carbons (Fsp3) is 0.467. The minimum absolute atomic E-state index is 0.0208. The van der Waals surface area contributed by atoms with E-state index >= 15 is 0 Å². The van der Waals surface area contributed by atoms with E-state index < -0.39 is 0 Å². The Labute approximate surface area is 108 Å². The average molecular weight is 250 g/mol. The molecule has 0 unspecified atom stereocenters. The van der Waals surface area contributed by atoms with E-state index in [1.165, 1.54) is 6.07 Å². The van der Waals surface area contributed by atoms with Crippen LogP contribution < -0.4 is 0 Å². The second kappa shape index (κ2) is 6.53. The Balaban J connectivity index is 2.72. The first-order chi connectivity index (χ1) is 8.42. The van der Waals surface area contributed by atoms with E-state index in [1.807, 2.05) is 20.8 Å². The number of aliphatic hydroxyl groups is 1. The second-order valence-corrected chi connectivity index (χ2v) is 4.98. The first kappa shape index (κ1) is 14.7. The number of hydrogen-bond acceptors (Lipinski definition) is 2. The Morgan fingerprint density at radius 1 is 1.33 bits per heavy atom. The van der Waals surface area contributed by atoms with Crippen LogP contribution in [0.15, 0.2) is 18.2 Å². The largest absolute Gasteiger partial charge is 0.395 e. The lowest BCUT2D eigenvalue weighted by Crippen LogP contribution is -2.19. The van der Waals surface area contributed by atoms with Gasteiger partial charge in [-0.1, -0.05) is 17.9 Å². The van der Waals surface area contributed by atoms with Gasteiger partial charge in [0, 0.05) is 17.5 Å². The van der Waals surface area contributed by atoms with E-state index in [-0.39, 0.29) is 24.6 Å². The van der Waals surface area contributed by atoms with Crippen LogP contribution in [-0.4, -0.2) is 17.3 Å². The van der Waals surface area contributed by atoms with Gasteiger partial charge in [0.1, 0.15) is 5.82 Å². The molecule has 0 aromatic heterocycles. The fourth-order valence-corrected chi connectivity index (χ4v) is 1.26. The molecule has 0 aliphatic carbocycles. The summed E-state index contributed by atoms with van der Waals surface area (Å²) in [5, 5.41) is 8.60. The first-order valence-electron chi connectivity index (χ1n) is 5.94. The number of benzene rings is 1. The van der Waals surface area contributed by atoms with Crippen LogP contribution in [0.4, 0.5) is 4.39 Å². The minimum atomic E-state index is -0.310. The fourth-order valence-electron chi connectivity index (χ4n) is 1.26. The Kier molecular flexibility index (Phi) is 5.33. The Bertz CT molecular complexity index is 450. The molecule has 3 heteroatoms. The standard InChI is InChI=1S/C15H19FO2/c1-15(2,3)18-11-13-8-7-12(10-14(13)16)6-4-5-9-17/h7-8,10,17H,5,9,11H2,1-3H3. The summed E-state index contributed by atoms with van der Waals surface area (Å²) in [5.74, 6) is 5.24. The zero-order valence-corrected chi connectivity index (χ0v) is 11.1. The van der Waals surface area contributed by atoms with Crippen LogP contribution in [0.1, 0.15) is 38.3 Å². The van der Waals surface area contributed by atoms with Gasteiger partial charge in [-0.05, 0) is 32.9 Å². The highest BCUT2D eigenvalue weighted by Crippen LogP contribution is 2.15. The van der Waals surface area contributed by atoms with Gasteiger partial charge in [0.05, 0.1) is 18.8 Å². The Morgan fingerprint density at radius 3 is 2.61 bits per heavy atom. The van der Waals surface area contributed by atoms with Crippen molar-refractivity contribution in [2.24, 2.45) is 0 Å². The number of aliphatic hydroxyl groups excluding tert-OH is 1. The summed E-state index contributed by atoms with van der Waals surface area (Å²) < 4.78 is 19.3. The summed E-state index contributed by atoms with van der Waals surface area (Å²) in [6, 6.07) is 4.84. The van der Waals surface area contributed by atoms with Crippen molar-refractivity contribution in [2.45, 2.75) is 39.4 Å². The predicted molar refractivity (Wildman–Crippen MR) is 69.5 cm³/mol. The van der Waals surface area contributed by atoms with Crippen LogP contribution in [0.2, 0.25) is 0 Å². The predicted octanol–water partition coefficient (Wildman–Crippen LogP) is 2.87. The molecular weight excluding hydrogens is 231 g/mol. The van der Waals surface area contributed by atoms with E-state index in [2.05, 4.69) is 11.8 Å². The summed E-state index contributed by atoms with van der Waals surface area (Å²) in [6.07, 6.45) is 0.399. The topological polar surface area (TPSA) is 29.5 Å². The van der Waals surface area contributed by atoms with Gasteiger partial charge in [0.2, 0.25) is 0 Å². The summed E-state index contributed by atoms with van der Waals surface area (Å²) in [7, 11) is 0. The van der Waals surface area contributed by atoms with Crippen molar-refractivity contribution in [3.05, 3.63) is 35.1 Å². The lowest BCUT2D eigenvalue weighted by Gasteiger charge is -2.19. The van der Waals surface area contributed by atoms with Crippen molar-refractivity contribution in [3.63, 3.8) is 0 Å². The lowest BCUT2D eigenvalue weighted by molar-refractivity contribution is -0.0161. The average Bonchev–Trinajstić information content (AvgIpc) is 2.27. The highest BCUT2D eigenvalue weighted by molar-refractivity contribution is 5.36. The molecule has 18 heavy (non-hydrogen) atoms. The van der Waals surface area contributed by atoms with E-state index in [0.717, 1.165) is 0 Å². The third-order valence-corrected chi connectivity index (χ3v) is 2.18.